The monoisotopic (exact) mass is 746 g/mol. The molecule has 2 aromatic heterocycles. The van der Waals surface area contributed by atoms with Crippen molar-refractivity contribution in [1.29, 1.82) is 0 Å². The topological polar surface area (TPSA) is 166 Å². The molecule has 0 radical (unpaired) electrons. The second kappa shape index (κ2) is 16.2. The summed E-state index contributed by atoms with van der Waals surface area (Å²) in [6, 6.07) is 0.480. The third-order valence-corrected chi connectivity index (χ3v) is 7.75. The highest BCUT2D eigenvalue weighted by Crippen LogP contribution is 2.47. The number of ether oxygens (including phenoxy) is 3. The largest absolute Gasteiger partial charge is 0.480 e. The Morgan fingerprint density at radius 3 is 1.94 bits per heavy atom. The molecule has 2 heterocycles. The van der Waals surface area contributed by atoms with Crippen molar-refractivity contribution < 1.29 is 64.8 Å². The molecule has 286 valence electrons. The van der Waals surface area contributed by atoms with Crippen LogP contribution in [0.5, 0.6) is 0 Å². The Balaban J connectivity index is 1.52. The molecule has 1 aliphatic carbocycles. The predicted molar refractivity (Wildman–Crippen MR) is 171 cm³/mol. The molecule has 0 aromatic carbocycles. The Morgan fingerprint density at radius 1 is 0.865 bits per heavy atom. The van der Waals surface area contributed by atoms with Gasteiger partial charge in [0.25, 0.3) is 0 Å². The number of rotatable bonds is 14. The van der Waals surface area contributed by atoms with E-state index in [1.165, 1.54) is 0 Å². The van der Waals surface area contributed by atoms with Gasteiger partial charge in [0.2, 0.25) is 0 Å². The molecule has 0 saturated heterocycles. The van der Waals surface area contributed by atoms with Crippen LogP contribution in [0.25, 0.3) is 5.57 Å². The molecule has 1 saturated carbocycles. The van der Waals surface area contributed by atoms with E-state index in [2.05, 4.69) is 27.2 Å². The normalized spacial score (nSPS) is 17.3. The Labute approximate surface area is 295 Å². The fourth-order valence-electron chi connectivity index (χ4n) is 5.14. The van der Waals surface area contributed by atoms with Crippen LogP contribution in [0.4, 0.5) is 35.9 Å². The van der Waals surface area contributed by atoms with Crippen molar-refractivity contribution in [2.75, 3.05) is 6.61 Å². The molecular weight excluding hydrogens is 706 g/mol. The van der Waals surface area contributed by atoms with Crippen LogP contribution in [-0.4, -0.2) is 69.1 Å². The lowest BCUT2D eigenvalue weighted by molar-refractivity contribution is -0.145. The number of carbonyl (C=O) groups is 4. The van der Waals surface area contributed by atoms with Crippen LogP contribution in [0.2, 0.25) is 0 Å². The first-order valence-electron chi connectivity index (χ1n) is 16.0. The quantitative estimate of drug-likeness (QED) is 0.109. The molecule has 4 atom stereocenters. The minimum absolute atomic E-state index is 0.00833. The Bertz CT molecular complexity index is 1610. The number of carboxylic acid groups (broad SMARTS) is 1. The molecular formula is C34H40F6N4O8. The summed E-state index contributed by atoms with van der Waals surface area (Å²) in [4.78, 5) is 57.3. The summed E-state index contributed by atoms with van der Waals surface area (Å²) in [5.74, 6) is -2.31. The average molecular weight is 747 g/mol. The lowest BCUT2D eigenvalue weighted by atomic mass is 10.00. The molecule has 3 N–H and O–H groups in total. The number of alkyl halides is 6. The number of nitrogens with one attached hydrogen (secondary N) is 2. The number of carbonyl (C=O) groups excluding carboxylic acids is 3. The SMILES string of the molecule is C=C(c1ccc(C(F)(F)F)cn1)[C@@H](NC(=O)OC(C)(C)C)C(=O)OCCC1C[C@@H]1CC(C)(C)OC(=O)N[C@H](Cc1ccc(C(F)(F)F)cn1)C(=O)O. The highest BCUT2D eigenvalue weighted by molar-refractivity contribution is 5.94. The van der Waals surface area contributed by atoms with Gasteiger partial charge in [-0.05, 0) is 90.0 Å². The van der Waals surface area contributed by atoms with Gasteiger partial charge in [0.05, 0.1) is 23.4 Å². The molecule has 1 aliphatic rings. The number of aliphatic carboxylic acids is 1. The van der Waals surface area contributed by atoms with Gasteiger partial charge in [-0.1, -0.05) is 6.58 Å². The average Bonchev–Trinajstić information content (AvgIpc) is 3.73. The molecule has 52 heavy (non-hydrogen) atoms. The number of esters is 1. The summed E-state index contributed by atoms with van der Waals surface area (Å²) in [6.07, 6.45) is -9.14. The molecule has 1 fully saturated rings. The molecule has 12 nitrogen and oxygen atoms in total. The van der Waals surface area contributed by atoms with Crippen LogP contribution in [-0.2, 0) is 42.6 Å². The number of carboxylic acids is 1. The van der Waals surface area contributed by atoms with E-state index in [9.17, 15) is 50.6 Å². The number of alkyl carbamates (subject to hydrolysis) is 2. The van der Waals surface area contributed by atoms with E-state index in [-0.39, 0.29) is 35.4 Å². The molecule has 0 bridgehead atoms. The van der Waals surface area contributed by atoms with Gasteiger partial charge in [0.1, 0.15) is 17.2 Å². The third kappa shape index (κ3) is 13.0. The first-order valence-corrected chi connectivity index (χ1v) is 16.0. The molecule has 0 spiro atoms. The summed E-state index contributed by atoms with van der Waals surface area (Å²) in [6.45, 7) is 11.7. The lowest BCUT2D eigenvalue weighted by Crippen LogP contribution is -2.45. The number of amides is 2. The number of hydrogen-bond donors (Lipinski definition) is 3. The molecule has 1 unspecified atom stereocenters. The van der Waals surface area contributed by atoms with Crippen LogP contribution in [0.3, 0.4) is 0 Å². The summed E-state index contributed by atoms with van der Waals surface area (Å²) in [5, 5.41) is 14.1. The first-order chi connectivity index (χ1) is 23.8. The van der Waals surface area contributed by atoms with Crippen molar-refractivity contribution in [3.05, 3.63) is 65.8 Å². The van der Waals surface area contributed by atoms with E-state index < -0.39 is 77.3 Å². The van der Waals surface area contributed by atoms with Crippen LogP contribution in [0.1, 0.15) is 76.4 Å². The van der Waals surface area contributed by atoms with Gasteiger partial charge in [0, 0.05) is 30.1 Å². The zero-order chi connectivity index (χ0) is 39.2. The van der Waals surface area contributed by atoms with Crippen LogP contribution in [0, 0.1) is 11.8 Å². The van der Waals surface area contributed by atoms with Gasteiger partial charge >= 0.3 is 36.5 Å². The van der Waals surface area contributed by atoms with Gasteiger partial charge in [0.15, 0.2) is 6.04 Å². The van der Waals surface area contributed by atoms with E-state index in [0.717, 1.165) is 24.3 Å². The fourth-order valence-corrected chi connectivity index (χ4v) is 5.14. The zero-order valence-corrected chi connectivity index (χ0v) is 29.0. The van der Waals surface area contributed by atoms with Crippen molar-refractivity contribution >= 4 is 29.7 Å². The van der Waals surface area contributed by atoms with E-state index in [0.29, 0.717) is 31.7 Å². The second-order valence-electron chi connectivity index (χ2n) is 13.9. The predicted octanol–water partition coefficient (Wildman–Crippen LogP) is 6.58. The van der Waals surface area contributed by atoms with Crippen molar-refractivity contribution in [1.82, 2.24) is 20.6 Å². The smallest absolute Gasteiger partial charge is 0.417 e. The van der Waals surface area contributed by atoms with Crippen molar-refractivity contribution in [3.63, 3.8) is 0 Å². The maximum Gasteiger partial charge on any atom is 0.417 e. The lowest BCUT2D eigenvalue weighted by Gasteiger charge is -2.26. The van der Waals surface area contributed by atoms with E-state index in [1.807, 2.05) is 0 Å². The Morgan fingerprint density at radius 2 is 1.44 bits per heavy atom. The molecule has 2 amide bonds. The number of hydrogen-bond acceptors (Lipinski definition) is 9. The Hall–Kier alpha value is -4.90. The van der Waals surface area contributed by atoms with Crippen molar-refractivity contribution in [2.24, 2.45) is 11.8 Å². The maximum absolute atomic E-state index is 13.1. The van der Waals surface area contributed by atoms with Gasteiger partial charge in [-0.2, -0.15) is 26.3 Å². The molecule has 2 aromatic rings. The van der Waals surface area contributed by atoms with Crippen molar-refractivity contribution in [3.8, 4) is 0 Å². The fraction of sp³-hybridized carbons (Fsp3) is 0.529. The Kier molecular flexibility index (Phi) is 12.9. The summed E-state index contributed by atoms with van der Waals surface area (Å²) in [7, 11) is 0. The molecule has 0 aliphatic heterocycles. The van der Waals surface area contributed by atoms with Crippen molar-refractivity contribution in [2.45, 2.75) is 95.9 Å². The standard InChI is InChI=1S/C34H40F6N4O8/c1-18(24-10-8-22(17-42-24)34(38,39)40)26(44-30(49)51-31(2,3)4)28(47)50-12-11-19-13-20(19)15-32(5,6)52-29(48)43-25(27(45)46)14-23-9-7-21(16-41-23)33(35,36)37/h7-10,16-17,19-20,25-26H,1,11-15H2,2-6H3,(H,43,48)(H,44,49)(H,45,46)/t19?,20-,25-,26-/m1/s1. The molecule has 18 heteroatoms. The van der Waals surface area contributed by atoms with E-state index >= 15 is 0 Å². The summed E-state index contributed by atoms with van der Waals surface area (Å²) in [5.41, 5.74) is -4.24. The van der Waals surface area contributed by atoms with Gasteiger partial charge < -0.3 is 30.0 Å². The molecule has 3 rings (SSSR count). The highest BCUT2D eigenvalue weighted by Gasteiger charge is 2.42. The highest BCUT2D eigenvalue weighted by atomic mass is 19.4. The zero-order valence-electron chi connectivity index (χ0n) is 29.0. The maximum atomic E-state index is 13.1. The van der Waals surface area contributed by atoms with Gasteiger partial charge in [-0.3, -0.25) is 9.97 Å². The van der Waals surface area contributed by atoms with Gasteiger partial charge in [-0.25, -0.2) is 19.2 Å². The number of aromatic nitrogens is 2. The number of halogens is 6. The number of nitrogens with zero attached hydrogens (tertiary/aromatic N) is 2. The van der Waals surface area contributed by atoms with Crippen LogP contribution >= 0.6 is 0 Å². The summed E-state index contributed by atoms with van der Waals surface area (Å²) >= 11 is 0. The minimum atomic E-state index is -4.64. The third-order valence-electron chi connectivity index (χ3n) is 7.75. The van der Waals surface area contributed by atoms with Crippen LogP contribution < -0.4 is 10.6 Å². The van der Waals surface area contributed by atoms with Gasteiger partial charge in [-0.15, -0.1) is 0 Å². The summed E-state index contributed by atoms with van der Waals surface area (Å²) < 4.78 is 93.5. The minimum Gasteiger partial charge on any atom is -0.480 e. The van der Waals surface area contributed by atoms with Crippen LogP contribution in [0.15, 0.2) is 43.2 Å². The van der Waals surface area contributed by atoms with E-state index in [4.69, 9.17) is 14.2 Å². The van der Waals surface area contributed by atoms with E-state index in [1.54, 1.807) is 34.6 Å². The second-order valence-corrected chi connectivity index (χ2v) is 13.9. The number of pyridine rings is 2. The first kappa shape index (κ1) is 41.5.